The molecule has 1 saturated carbocycles. The quantitative estimate of drug-likeness (QED) is 0.831. The fourth-order valence-electron chi connectivity index (χ4n) is 2.43. The van der Waals surface area contributed by atoms with Gasteiger partial charge in [-0.2, -0.15) is 13.2 Å². The predicted molar refractivity (Wildman–Crippen MR) is 67.4 cm³/mol. The minimum Gasteiger partial charge on any atom is -0.352 e. The lowest BCUT2D eigenvalue weighted by Crippen LogP contribution is -2.50. The van der Waals surface area contributed by atoms with Crippen molar-refractivity contribution in [2.24, 2.45) is 17.6 Å². The van der Waals surface area contributed by atoms with E-state index in [1.165, 1.54) is 0 Å². The number of nitrogens with two attached hydrogens (primary N) is 1. The smallest absolute Gasteiger partial charge is 0.352 e. The second-order valence-electron chi connectivity index (χ2n) is 5.52. The molecular weight excluding hydrogens is 257 g/mol. The molecule has 3 N–H and O–H groups in total. The second-order valence-corrected chi connectivity index (χ2v) is 5.52. The van der Waals surface area contributed by atoms with Crippen molar-refractivity contribution in [2.45, 2.75) is 64.2 Å². The molecule has 1 aliphatic rings. The summed E-state index contributed by atoms with van der Waals surface area (Å²) < 4.78 is 38.0. The first-order valence-corrected chi connectivity index (χ1v) is 6.88. The number of halogens is 3. The van der Waals surface area contributed by atoms with Crippen molar-refractivity contribution in [1.82, 2.24) is 5.32 Å². The fraction of sp³-hybridized carbons (Fsp3) is 0.923. The molecule has 1 aliphatic carbocycles. The van der Waals surface area contributed by atoms with Gasteiger partial charge in [-0.15, -0.1) is 0 Å². The van der Waals surface area contributed by atoms with E-state index in [0.717, 1.165) is 6.42 Å². The summed E-state index contributed by atoms with van der Waals surface area (Å²) in [5.74, 6) is -1.60. The van der Waals surface area contributed by atoms with Crippen LogP contribution in [-0.2, 0) is 4.79 Å². The van der Waals surface area contributed by atoms with Gasteiger partial charge in [-0.1, -0.05) is 26.7 Å². The van der Waals surface area contributed by atoms with Gasteiger partial charge >= 0.3 is 6.18 Å². The number of nitrogens with one attached hydrogen (secondary N) is 1. The van der Waals surface area contributed by atoms with Gasteiger partial charge in [-0.25, -0.2) is 0 Å². The van der Waals surface area contributed by atoms with Crippen molar-refractivity contribution in [2.75, 3.05) is 0 Å². The highest BCUT2D eigenvalue weighted by Gasteiger charge is 2.42. The third kappa shape index (κ3) is 4.67. The summed E-state index contributed by atoms with van der Waals surface area (Å²) in [6.45, 7) is 3.79. The average Bonchev–Trinajstić information content (AvgIpc) is 2.36. The Balaban J connectivity index is 2.51. The van der Waals surface area contributed by atoms with Crippen LogP contribution in [0.4, 0.5) is 13.2 Å². The number of rotatable bonds is 4. The minimum atomic E-state index is -4.16. The maximum absolute atomic E-state index is 12.7. The van der Waals surface area contributed by atoms with E-state index in [0.29, 0.717) is 12.8 Å². The Morgan fingerprint density at radius 3 is 2.58 bits per heavy atom. The molecule has 1 fully saturated rings. The number of alkyl halides is 3. The largest absolute Gasteiger partial charge is 0.391 e. The molecule has 0 aliphatic heterocycles. The molecule has 1 amide bonds. The summed E-state index contributed by atoms with van der Waals surface area (Å²) in [6.07, 6.45) is -2.17. The summed E-state index contributed by atoms with van der Waals surface area (Å²) in [5, 5.41) is 2.67. The van der Waals surface area contributed by atoms with Gasteiger partial charge in [0.15, 0.2) is 0 Å². The second kappa shape index (κ2) is 6.59. The van der Waals surface area contributed by atoms with Crippen LogP contribution in [0.15, 0.2) is 0 Å². The van der Waals surface area contributed by atoms with Crippen LogP contribution >= 0.6 is 0 Å². The zero-order chi connectivity index (χ0) is 14.6. The van der Waals surface area contributed by atoms with Crippen molar-refractivity contribution in [3.8, 4) is 0 Å². The lowest BCUT2D eigenvalue weighted by molar-refractivity contribution is -0.184. The summed E-state index contributed by atoms with van der Waals surface area (Å²) in [6, 6.07) is -1.04. The molecule has 3 nitrogen and oxygen atoms in total. The number of amides is 1. The lowest BCUT2D eigenvalue weighted by atomic mass is 9.85. The molecule has 19 heavy (non-hydrogen) atoms. The van der Waals surface area contributed by atoms with E-state index >= 15 is 0 Å². The maximum Gasteiger partial charge on any atom is 0.391 e. The van der Waals surface area contributed by atoms with Crippen LogP contribution in [-0.4, -0.2) is 24.2 Å². The van der Waals surface area contributed by atoms with Gasteiger partial charge in [-0.05, 0) is 25.2 Å². The van der Waals surface area contributed by atoms with Gasteiger partial charge in [0.05, 0.1) is 12.0 Å². The molecule has 0 bridgehead atoms. The maximum atomic E-state index is 12.7. The number of carbonyl (C=O) groups excluding carboxylic acids is 1. The van der Waals surface area contributed by atoms with Gasteiger partial charge in [0.2, 0.25) is 5.91 Å². The zero-order valence-electron chi connectivity index (χ0n) is 11.5. The topological polar surface area (TPSA) is 55.1 Å². The third-order valence-electron chi connectivity index (χ3n) is 4.04. The Labute approximate surface area is 112 Å². The van der Waals surface area contributed by atoms with Crippen LogP contribution in [0.25, 0.3) is 0 Å². The van der Waals surface area contributed by atoms with Crippen molar-refractivity contribution >= 4 is 5.91 Å². The predicted octanol–water partition coefficient (Wildman–Crippen LogP) is 2.60. The molecule has 0 aromatic heterocycles. The van der Waals surface area contributed by atoms with Crippen LogP contribution in [0.2, 0.25) is 0 Å². The lowest BCUT2D eigenvalue weighted by Gasteiger charge is -2.32. The highest BCUT2D eigenvalue weighted by Crippen LogP contribution is 2.37. The zero-order valence-corrected chi connectivity index (χ0v) is 11.5. The van der Waals surface area contributed by atoms with Crippen LogP contribution in [0, 0.1) is 11.8 Å². The first-order valence-electron chi connectivity index (χ1n) is 6.88. The standard InChI is InChI=1S/C13H23F3N2O/c1-3-8(2)11(17)12(19)18-10-6-4-5-9(7-10)13(14,15)16/h8-11H,3-7,17H2,1-2H3,(H,18,19). The molecule has 0 heterocycles. The molecule has 1 rings (SSSR count). The SMILES string of the molecule is CCC(C)C(N)C(=O)NC1CCCC(C(F)(F)F)C1. The highest BCUT2D eigenvalue weighted by atomic mass is 19.4. The molecular formula is C13H23F3N2O. The van der Waals surface area contributed by atoms with E-state index < -0.39 is 24.2 Å². The summed E-state index contributed by atoms with van der Waals surface area (Å²) in [5.41, 5.74) is 5.77. The van der Waals surface area contributed by atoms with Crippen LogP contribution in [0.3, 0.4) is 0 Å². The third-order valence-corrected chi connectivity index (χ3v) is 4.04. The summed E-state index contributed by atoms with van der Waals surface area (Å²) >= 11 is 0. The fourth-order valence-corrected chi connectivity index (χ4v) is 2.43. The van der Waals surface area contributed by atoms with Crippen molar-refractivity contribution in [3.63, 3.8) is 0 Å². The van der Waals surface area contributed by atoms with Gasteiger partial charge in [0.1, 0.15) is 0 Å². The first kappa shape index (κ1) is 16.3. The van der Waals surface area contributed by atoms with E-state index in [9.17, 15) is 18.0 Å². The van der Waals surface area contributed by atoms with Crippen molar-refractivity contribution in [3.05, 3.63) is 0 Å². The average molecular weight is 280 g/mol. The Bertz CT molecular complexity index is 307. The van der Waals surface area contributed by atoms with Gasteiger partial charge in [0.25, 0.3) is 0 Å². The van der Waals surface area contributed by atoms with E-state index in [2.05, 4.69) is 5.32 Å². The molecule has 6 heteroatoms. The van der Waals surface area contributed by atoms with Gasteiger partial charge in [-0.3, -0.25) is 4.79 Å². The molecule has 4 atom stereocenters. The molecule has 0 saturated heterocycles. The van der Waals surface area contributed by atoms with E-state index in [1.54, 1.807) is 0 Å². The van der Waals surface area contributed by atoms with E-state index in [-0.39, 0.29) is 24.7 Å². The molecule has 0 radical (unpaired) electrons. The summed E-state index contributed by atoms with van der Waals surface area (Å²) in [4.78, 5) is 11.9. The number of carbonyl (C=O) groups is 1. The Morgan fingerprint density at radius 1 is 1.42 bits per heavy atom. The van der Waals surface area contributed by atoms with Gasteiger partial charge < -0.3 is 11.1 Å². The van der Waals surface area contributed by atoms with Crippen LogP contribution in [0.5, 0.6) is 0 Å². The number of hydrogen-bond acceptors (Lipinski definition) is 2. The van der Waals surface area contributed by atoms with Gasteiger partial charge in [0, 0.05) is 6.04 Å². The summed E-state index contributed by atoms with van der Waals surface area (Å²) in [7, 11) is 0. The number of hydrogen-bond donors (Lipinski definition) is 2. The first-order chi connectivity index (χ1) is 8.75. The van der Waals surface area contributed by atoms with Crippen LogP contribution in [0.1, 0.15) is 46.0 Å². The highest BCUT2D eigenvalue weighted by molar-refractivity contribution is 5.82. The normalized spacial score (nSPS) is 27.7. The van der Waals surface area contributed by atoms with Crippen molar-refractivity contribution in [1.29, 1.82) is 0 Å². The molecule has 0 aromatic rings. The Hall–Kier alpha value is -0.780. The monoisotopic (exact) mass is 280 g/mol. The molecule has 4 unspecified atom stereocenters. The minimum absolute atomic E-state index is 0.0253. The molecule has 0 spiro atoms. The Morgan fingerprint density at radius 2 is 2.05 bits per heavy atom. The van der Waals surface area contributed by atoms with Crippen LogP contribution < -0.4 is 11.1 Å². The Kier molecular flexibility index (Phi) is 5.64. The van der Waals surface area contributed by atoms with E-state index in [1.807, 2.05) is 13.8 Å². The van der Waals surface area contributed by atoms with E-state index in [4.69, 9.17) is 5.73 Å². The molecule has 112 valence electrons. The van der Waals surface area contributed by atoms with Crippen molar-refractivity contribution < 1.29 is 18.0 Å². The molecule has 0 aromatic carbocycles.